The number of aryl methyl sites for hydroxylation is 1. The first-order valence-electron chi connectivity index (χ1n) is 6.41. The van der Waals surface area contributed by atoms with Crippen molar-refractivity contribution in [2.45, 2.75) is 6.92 Å². The van der Waals surface area contributed by atoms with Crippen LogP contribution in [0.5, 0.6) is 5.75 Å². The topological polar surface area (TPSA) is 53.7 Å². The van der Waals surface area contributed by atoms with Gasteiger partial charge in [0.15, 0.2) is 0 Å². The fourth-order valence-corrected chi connectivity index (χ4v) is 2.44. The van der Waals surface area contributed by atoms with E-state index < -0.39 is 0 Å². The summed E-state index contributed by atoms with van der Waals surface area (Å²) in [4.78, 5) is 14.6. The number of rotatable bonds is 1. The van der Waals surface area contributed by atoms with Crippen molar-refractivity contribution >= 4 is 16.7 Å². The number of nitrogens with zero attached hydrogens (tertiary/aromatic N) is 1. The third-order valence-electron chi connectivity index (χ3n) is 3.46. The highest BCUT2D eigenvalue weighted by atomic mass is 16.3. The number of likely N-dealkylation sites (N-methyl/N-ethyl adjacent to an activating group) is 1. The molecule has 3 rings (SSSR count). The largest absolute Gasteiger partial charge is 0.507 e. The zero-order valence-corrected chi connectivity index (χ0v) is 11.4. The Labute approximate surface area is 116 Å². The Morgan fingerprint density at radius 3 is 2.90 bits per heavy atom. The highest BCUT2D eigenvalue weighted by molar-refractivity contribution is 5.86. The van der Waals surface area contributed by atoms with E-state index in [1.807, 2.05) is 37.1 Å². The predicted molar refractivity (Wildman–Crippen MR) is 78.6 cm³/mol. The fraction of sp³-hybridized carbons (Fsp3) is 0.188. The molecule has 0 atom stereocenters. The summed E-state index contributed by atoms with van der Waals surface area (Å²) in [6.07, 6.45) is 7.25. The lowest BCUT2D eigenvalue weighted by atomic mass is 10.1. The SMILES string of the molecule is Cc1cc(O)c2c(=O)c(C3=CC=CCN3C)coc2c1. The van der Waals surface area contributed by atoms with Crippen molar-refractivity contribution < 1.29 is 9.52 Å². The average molecular weight is 269 g/mol. The van der Waals surface area contributed by atoms with Gasteiger partial charge in [0, 0.05) is 13.6 Å². The standard InChI is InChI=1S/C16H15NO3/c1-10-7-13(18)15-14(8-10)20-9-11(16(15)19)12-5-3-4-6-17(12)2/h3-5,7-9,18H,6H2,1-2H3. The molecule has 4 heteroatoms. The van der Waals surface area contributed by atoms with Gasteiger partial charge in [-0.1, -0.05) is 12.2 Å². The van der Waals surface area contributed by atoms with Crippen molar-refractivity contribution in [2.75, 3.05) is 13.6 Å². The molecule has 1 aliphatic rings. The second-order valence-electron chi connectivity index (χ2n) is 5.00. The minimum atomic E-state index is -0.211. The molecule has 1 aromatic carbocycles. The van der Waals surface area contributed by atoms with Gasteiger partial charge in [-0.15, -0.1) is 0 Å². The Kier molecular flexibility index (Phi) is 2.86. The van der Waals surface area contributed by atoms with E-state index in [2.05, 4.69) is 0 Å². The first kappa shape index (κ1) is 12.5. The van der Waals surface area contributed by atoms with Crippen molar-refractivity contribution in [3.8, 4) is 5.75 Å². The Bertz CT molecular complexity index is 799. The van der Waals surface area contributed by atoms with Gasteiger partial charge >= 0.3 is 0 Å². The molecule has 0 radical (unpaired) electrons. The number of aromatic hydroxyl groups is 1. The lowest BCUT2D eigenvalue weighted by molar-refractivity contribution is 0.478. The molecule has 0 spiro atoms. The van der Waals surface area contributed by atoms with Crippen LogP contribution in [0.4, 0.5) is 0 Å². The summed E-state index contributed by atoms with van der Waals surface area (Å²) < 4.78 is 5.54. The van der Waals surface area contributed by atoms with E-state index in [4.69, 9.17) is 4.42 Å². The van der Waals surface area contributed by atoms with Gasteiger partial charge in [-0.2, -0.15) is 0 Å². The Hall–Kier alpha value is -2.49. The van der Waals surface area contributed by atoms with Crippen molar-refractivity contribution in [3.05, 3.63) is 58.0 Å². The summed E-state index contributed by atoms with van der Waals surface area (Å²) in [7, 11) is 1.91. The van der Waals surface area contributed by atoms with Crippen LogP contribution >= 0.6 is 0 Å². The monoisotopic (exact) mass is 269 g/mol. The molecule has 0 saturated heterocycles. The number of phenolic OH excluding ortho intramolecular Hbond substituents is 1. The van der Waals surface area contributed by atoms with Gasteiger partial charge in [-0.25, -0.2) is 0 Å². The number of hydrogen-bond acceptors (Lipinski definition) is 4. The molecule has 2 heterocycles. The van der Waals surface area contributed by atoms with Crippen LogP contribution in [0.25, 0.3) is 16.7 Å². The van der Waals surface area contributed by atoms with Gasteiger partial charge in [-0.05, 0) is 30.7 Å². The normalized spacial score (nSPS) is 14.7. The van der Waals surface area contributed by atoms with Gasteiger partial charge in [0.2, 0.25) is 5.43 Å². The molecule has 0 fully saturated rings. The minimum Gasteiger partial charge on any atom is -0.507 e. The smallest absolute Gasteiger partial charge is 0.205 e. The molecule has 1 aromatic heterocycles. The molecule has 1 aliphatic heterocycles. The summed E-state index contributed by atoms with van der Waals surface area (Å²) in [5, 5.41) is 10.2. The van der Waals surface area contributed by atoms with Crippen molar-refractivity contribution in [1.29, 1.82) is 0 Å². The van der Waals surface area contributed by atoms with Crippen LogP contribution in [0.2, 0.25) is 0 Å². The molecule has 1 N–H and O–H groups in total. The quantitative estimate of drug-likeness (QED) is 0.864. The maximum Gasteiger partial charge on any atom is 0.205 e. The molecule has 0 amide bonds. The number of benzene rings is 1. The van der Waals surface area contributed by atoms with E-state index in [9.17, 15) is 9.90 Å². The Morgan fingerprint density at radius 2 is 2.15 bits per heavy atom. The molecule has 0 aliphatic carbocycles. The van der Waals surface area contributed by atoms with E-state index in [0.29, 0.717) is 11.1 Å². The predicted octanol–water partition coefficient (Wildman–Crippen LogP) is 2.65. The van der Waals surface area contributed by atoms with E-state index >= 15 is 0 Å². The fourth-order valence-electron chi connectivity index (χ4n) is 2.44. The molecular formula is C16H15NO3. The van der Waals surface area contributed by atoms with Crippen molar-refractivity contribution in [1.82, 2.24) is 4.90 Å². The van der Waals surface area contributed by atoms with E-state index in [1.165, 1.54) is 6.26 Å². The van der Waals surface area contributed by atoms with Crippen LogP contribution < -0.4 is 5.43 Å². The first-order chi connectivity index (χ1) is 9.58. The molecular weight excluding hydrogens is 254 g/mol. The van der Waals surface area contributed by atoms with Gasteiger partial charge < -0.3 is 14.4 Å². The second kappa shape index (κ2) is 4.56. The molecule has 0 saturated carbocycles. The van der Waals surface area contributed by atoms with Crippen molar-refractivity contribution in [2.24, 2.45) is 0 Å². The summed E-state index contributed by atoms with van der Waals surface area (Å²) in [5.41, 5.74) is 2.30. The van der Waals surface area contributed by atoms with Gasteiger partial charge in [-0.3, -0.25) is 4.79 Å². The van der Waals surface area contributed by atoms with Gasteiger partial charge in [0.25, 0.3) is 0 Å². The van der Waals surface area contributed by atoms with Crippen LogP contribution in [-0.4, -0.2) is 23.6 Å². The number of allylic oxidation sites excluding steroid dienone is 2. The van der Waals surface area contributed by atoms with Gasteiger partial charge in [0.05, 0.1) is 11.3 Å². The summed E-state index contributed by atoms with van der Waals surface area (Å²) in [6.45, 7) is 2.58. The highest BCUT2D eigenvalue weighted by Crippen LogP contribution is 2.26. The highest BCUT2D eigenvalue weighted by Gasteiger charge is 2.17. The van der Waals surface area contributed by atoms with Crippen LogP contribution in [0.15, 0.2) is 45.8 Å². The Balaban J connectivity index is 2.30. The van der Waals surface area contributed by atoms with Crippen LogP contribution in [0.1, 0.15) is 11.1 Å². The van der Waals surface area contributed by atoms with E-state index in [-0.39, 0.29) is 16.6 Å². The van der Waals surface area contributed by atoms with E-state index in [1.54, 1.807) is 12.1 Å². The third-order valence-corrected chi connectivity index (χ3v) is 3.46. The number of phenols is 1. The van der Waals surface area contributed by atoms with Crippen LogP contribution in [-0.2, 0) is 0 Å². The third kappa shape index (κ3) is 1.90. The average Bonchev–Trinajstić information content (AvgIpc) is 2.39. The molecule has 0 bridgehead atoms. The van der Waals surface area contributed by atoms with E-state index in [0.717, 1.165) is 17.8 Å². The molecule has 20 heavy (non-hydrogen) atoms. The summed E-state index contributed by atoms with van der Waals surface area (Å²) >= 11 is 0. The summed E-state index contributed by atoms with van der Waals surface area (Å²) in [5.74, 6) is -0.0368. The minimum absolute atomic E-state index is 0.0368. The molecule has 102 valence electrons. The second-order valence-corrected chi connectivity index (χ2v) is 5.00. The number of fused-ring (bicyclic) bond motifs is 1. The van der Waals surface area contributed by atoms with Crippen LogP contribution in [0.3, 0.4) is 0 Å². The maximum atomic E-state index is 12.6. The van der Waals surface area contributed by atoms with Crippen molar-refractivity contribution in [3.63, 3.8) is 0 Å². The molecule has 0 unspecified atom stereocenters. The zero-order valence-electron chi connectivity index (χ0n) is 11.4. The lowest BCUT2D eigenvalue weighted by Gasteiger charge is -2.23. The maximum absolute atomic E-state index is 12.6. The lowest BCUT2D eigenvalue weighted by Crippen LogP contribution is -2.22. The number of hydrogen-bond donors (Lipinski definition) is 1. The zero-order chi connectivity index (χ0) is 14.3. The Morgan fingerprint density at radius 1 is 1.35 bits per heavy atom. The molecule has 2 aromatic rings. The van der Waals surface area contributed by atoms with Gasteiger partial charge in [0.1, 0.15) is 23.0 Å². The summed E-state index contributed by atoms with van der Waals surface area (Å²) in [6, 6.07) is 3.32. The molecule has 4 nitrogen and oxygen atoms in total. The first-order valence-corrected chi connectivity index (χ1v) is 6.41. The van der Waals surface area contributed by atoms with Crippen LogP contribution in [0, 0.1) is 6.92 Å².